The summed E-state index contributed by atoms with van der Waals surface area (Å²) in [4.78, 5) is 14.7. The Kier molecular flexibility index (Phi) is 4.32. The molecule has 0 aliphatic carbocycles. The maximum Gasteiger partial charge on any atom is 0.205 e. The van der Waals surface area contributed by atoms with Gasteiger partial charge in [0.15, 0.2) is 23.2 Å². The fourth-order valence-electron chi connectivity index (χ4n) is 5.08. The molecule has 8 rings (SSSR count). The molecule has 3 aromatic heterocycles. The van der Waals surface area contributed by atoms with Crippen LogP contribution >= 0.6 is 11.3 Å². The number of thiophene rings is 1. The van der Waals surface area contributed by atoms with Crippen molar-refractivity contribution in [3.8, 4) is 50.7 Å². The molecule has 0 saturated heterocycles. The monoisotopic (exact) mass is 494 g/mol. The van der Waals surface area contributed by atoms with Crippen molar-refractivity contribution < 1.29 is 4.74 Å². The van der Waals surface area contributed by atoms with Crippen molar-refractivity contribution >= 4 is 33.1 Å². The lowest BCUT2D eigenvalue weighted by Crippen LogP contribution is -2.01. The molecule has 1 aliphatic rings. The average molecular weight is 495 g/mol. The predicted molar refractivity (Wildman–Crippen MR) is 148 cm³/mol. The molecule has 0 N–H and O–H groups in total. The Hall–Kier alpha value is -4.81. The second-order valence-electron chi connectivity index (χ2n) is 8.95. The number of benzene rings is 4. The minimum Gasteiger partial charge on any atom is -0.442 e. The van der Waals surface area contributed by atoms with E-state index in [1.165, 1.54) is 0 Å². The van der Waals surface area contributed by atoms with Crippen molar-refractivity contribution in [3.63, 3.8) is 0 Å². The minimum absolute atomic E-state index is 0.647. The Labute approximate surface area is 216 Å². The molecule has 7 aromatic rings. The molecule has 4 aromatic carbocycles. The van der Waals surface area contributed by atoms with Crippen molar-refractivity contribution in [2.45, 2.75) is 0 Å². The van der Waals surface area contributed by atoms with Gasteiger partial charge in [-0.05, 0) is 35.7 Å². The van der Waals surface area contributed by atoms with Crippen LogP contribution in [0, 0.1) is 0 Å². The van der Waals surface area contributed by atoms with Crippen molar-refractivity contribution in [2.75, 3.05) is 0 Å². The average Bonchev–Trinajstić information content (AvgIpc) is 3.57. The number of hydrogen-bond acceptors (Lipinski definition) is 5. The van der Waals surface area contributed by atoms with Crippen molar-refractivity contribution in [2.24, 2.45) is 0 Å². The summed E-state index contributed by atoms with van der Waals surface area (Å²) >= 11 is 1.61. The molecule has 174 valence electrons. The lowest BCUT2D eigenvalue weighted by molar-refractivity contribution is 0.491. The quantitative estimate of drug-likeness (QED) is 0.249. The Balaban J connectivity index is 1.38. The van der Waals surface area contributed by atoms with Crippen molar-refractivity contribution in [1.82, 2.24) is 19.5 Å². The van der Waals surface area contributed by atoms with E-state index in [1.54, 1.807) is 11.3 Å². The van der Waals surface area contributed by atoms with Crippen LogP contribution in [0.25, 0.3) is 61.7 Å². The summed E-state index contributed by atoms with van der Waals surface area (Å²) in [5, 5.41) is 5.27. The van der Waals surface area contributed by atoms with E-state index < -0.39 is 0 Å². The third-order valence-electron chi connectivity index (χ3n) is 6.76. The van der Waals surface area contributed by atoms with E-state index in [-0.39, 0.29) is 0 Å². The summed E-state index contributed by atoms with van der Waals surface area (Å²) < 4.78 is 8.53. The minimum atomic E-state index is 0.647. The van der Waals surface area contributed by atoms with Crippen LogP contribution in [-0.4, -0.2) is 19.5 Å². The molecule has 0 spiro atoms. The first kappa shape index (κ1) is 20.4. The lowest BCUT2D eigenvalue weighted by atomic mass is 10.1. The van der Waals surface area contributed by atoms with Gasteiger partial charge < -0.3 is 9.30 Å². The molecule has 0 amide bonds. The van der Waals surface area contributed by atoms with Gasteiger partial charge >= 0.3 is 0 Å². The number of ether oxygens (including phenoxy) is 1. The largest absolute Gasteiger partial charge is 0.442 e. The molecular weight excluding hydrogens is 476 g/mol. The first-order chi connectivity index (χ1) is 18.3. The molecule has 5 nitrogen and oxygen atoms in total. The van der Waals surface area contributed by atoms with Gasteiger partial charge in [-0.2, -0.15) is 0 Å². The predicted octanol–water partition coefficient (Wildman–Crippen LogP) is 8.14. The molecule has 0 fully saturated rings. The number of aromatic nitrogens is 4. The fourth-order valence-corrected chi connectivity index (χ4v) is 5.82. The van der Waals surface area contributed by atoms with Gasteiger partial charge in [0.25, 0.3) is 0 Å². The number of rotatable bonds is 3. The zero-order valence-electron chi connectivity index (χ0n) is 19.5. The van der Waals surface area contributed by atoms with E-state index in [0.29, 0.717) is 17.5 Å². The molecule has 0 unspecified atom stereocenters. The normalized spacial score (nSPS) is 12.0. The first-order valence-electron chi connectivity index (χ1n) is 12.0. The van der Waals surface area contributed by atoms with Crippen LogP contribution in [0.2, 0.25) is 0 Å². The molecule has 4 heterocycles. The number of hydrogen-bond donors (Lipinski definition) is 0. The zero-order chi connectivity index (χ0) is 24.3. The van der Waals surface area contributed by atoms with Crippen LogP contribution in [0.4, 0.5) is 0 Å². The molecule has 0 atom stereocenters. The Morgan fingerprint density at radius 3 is 1.97 bits per heavy atom. The summed E-state index contributed by atoms with van der Waals surface area (Å²) in [5.41, 5.74) is 6.16. The molecule has 0 radical (unpaired) electrons. The van der Waals surface area contributed by atoms with Gasteiger partial charge in [0.2, 0.25) is 5.06 Å². The highest BCUT2D eigenvalue weighted by Crippen LogP contribution is 2.47. The standard InChI is InChI=1S/C31H18N4OS/c1-3-8-19(9-4-1)28-32-29(20-10-5-2-6-11-20)34-30(33-28)21-14-15-24-23(18-21)22-12-7-13-26-27(22)35(24)25-16-17-37-31(25)36-26/h1-18H. The zero-order valence-corrected chi connectivity index (χ0v) is 20.3. The molecule has 37 heavy (non-hydrogen) atoms. The lowest BCUT2D eigenvalue weighted by Gasteiger charge is -2.17. The molecule has 0 saturated carbocycles. The van der Waals surface area contributed by atoms with E-state index in [9.17, 15) is 0 Å². The smallest absolute Gasteiger partial charge is 0.205 e. The van der Waals surface area contributed by atoms with Gasteiger partial charge in [-0.25, -0.2) is 15.0 Å². The number of nitrogens with zero attached hydrogens (tertiary/aromatic N) is 4. The van der Waals surface area contributed by atoms with Crippen LogP contribution < -0.4 is 4.74 Å². The van der Waals surface area contributed by atoms with E-state index in [1.807, 2.05) is 66.7 Å². The van der Waals surface area contributed by atoms with Gasteiger partial charge in [0.1, 0.15) is 5.69 Å². The van der Waals surface area contributed by atoms with Crippen LogP contribution in [0.1, 0.15) is 0 Å². The van der Waals surface area contributed by atoms with E-state index in [4.69, 9.17) is 19.7 Å². The highest BCUT2D eigenvalue weighted by Gasteiger charge is 2.25. The summed E-state index contributed by atoms with van der Waals surface area (Å²) in [6, 6.07) is 34.9. The van der Waals surface area contributed by atoms with E-state index >= 15 is 0 Å². The second-order valence-corrected chi connectivity index (χ2v) is 9.83. The van der Waals surface area contributed by atoms with Crippen LogP contribution in [0.15, 0.2) is 109 Å². The maximum absolute atomic E-state index is 6.23. The summed E-state index contributed by atoms with van der Waals surface area (Å²) in [6.07, 6.45) is 0. The third kappa shape index (κ3) is 3.13. The number of fused-ring (bicyclic) bond motifs is 5. The fraction of sp³-hybridized carbons (Fsp3) is 0. The third-order valence-corrected chi connectivity index (χ3v) is 7.54. The van der Waals surface area contributed by atoms with Gasteiger partial charge in [-0.3, -0.25) is 0 Å². The maximum atomic E-state index is 6.23. The van der Waals surface area contributed by atoms with Gasteiger partial charge in [0.05, 0.1) is 11.0 Å². The van der Waals surface area contributed by atoms with Gasteiger partial charge in [-0.15, -0.1) is 11.3 Å². The highest BCUT2D eigenvalue weighted by atomic mass is 32.1. The molecular formula is C31H18N4OS. The number of para-hydroxylation sites is 1. The Bertz CT molecular complexity index is 1900. The van der Waals surface area contributed by atoms with E-state index in [2.05, 4.69) is 46.3 Å². The molecule has 0 bridgehead atoms. The summed E-state index contributed by atoms with van der Waals surface area (Å²) in [6.45, 7) is 0. The van der Waals surface area contributed by atoms with Crippen LogP contribution in [0.5, 0.6) is 10.8 Å². The summed E-state index contributed by atoms with van der Waals surface area (Å²) in [7, 11) is 0. The highest BCUT2D eigenvalue weighted by molar-refractivity contribution is 7.12. The Morgan fingerprint density at radius 2 is 1.27 bits per heavy atom. The van der Waals surface area contributed by atoms with Crippen molar-refractivity contribution in [3.05, 3.63) is 109 Å². The van der Waals surface area contributed by atoms with Gasteiger partial charge in [0, 0.05) is 27.5 Å². The molecule has 6 heteroatoms. The first-order valence-corrected chi connectivity index (χ1v) is 12.9. The van der Waals surface area contributed by atoms with Gasteiger partial charge in [-0.1, -0.05) is 72.8 Å². The Morgan fingerprint density at radius 1 is 0.595 bits per heavy atom. The second kappa shape index (κ2) is 7.85. The van der Waals surface area contributed by atoms with E-state index in [0.717, 1.165) is 55.0 Å². The van der Waals surface area contributed by atoms with Crippen LogP contribution in [-0.2, 0) is 0 Å². The topological polar surface area (TPSA) is 52.8 Å². The summed E-state index contributed by atoms with van der Waals surface area (Å²) in [5.74, 6) is 2.84. The van der Waals surface area contributed by atoms with Crippen LogP contribution in [0.3, 0.4) is 0 Å². The van der Waals surface area contributed by atoms with Crippen molar-refractivity contribution in [1.29, 1.82) is 0 Å². The SMILES string of the molecule is c1ccc(-c2nc(-c3ccccc3)nc(-c3ccc4c(c3)c3cccc5c3n4-c3ccsc3O5)n2)cc1. The molecule has 1 aliphatic heterocycles.